The molecule has 0 heterocycles. The molecule has 0 radical (unpaired) electrons. The Balaban J connectivity index is 0. The van der Waals surface area contributed by atoms with E-state index in [4.69, 9.17) is 0 Å². The van der Waals surface area contributed by atoms with Gasteiger partial charge < -0.3 is 13.0 Å². The second-order valence-corrected chi connectivity index (χ2v) is 6.77. The van der Waals surface area contributed by atoms with Crippen molar-refractivity contribution in [3.63, 3.8) is 0 Å². The average Bonchev–Trinajstić information content (AvgIpc) is 3.29. The summed E-state index contributed by atoms with van der Waals surface area (Å²) in [6.07, 6.45) is 26.9. The summed E-state index contributed by atoms with van der Waals surface area (Å²) < 4.78 is 0. The van der Waals surface area contributed by atoms with Gasteiger partial charge in [-0.25, -0.2) is 0 Å². The molecule has 2 saturated carbocycles. The van der Waals surface area contributed by atoms with Crippen LogP contribution < -0.4 is 0 Å². The predicted octanol–water partition coefficient (Wildman–Crippen LogP) is 8.22. The average molecular weight is 398 g/mol. The zero-order valence-electron chi connectivity index (χ0n) is 16.2. The van der Waals surface area contributed by atoms with Gasteiger partial charge in [0.2, 0.25) is 0 Å². The molecule has 2 aliphatic rings. The SMILES string of the molecule is C1CCCC1.C1CCCC1.[CH2-]CC(=[C-]CCCC)CCCC.[Zr+2]. The molecule has 0 aromatic carbocycles. The van der Waals surface area contributed by atoms with Gasteiger partial charge in [0.25, 0.3) is 0 Å². The molecule has 0 N–H and O–H groups in total. The minimum absolute atomic E-state index is 0. The molecule has 0 aromatic rings. The van der Waals surface area contributed by atoms with Gasteiger partial charge in [-0.15, -0.1) is 0 Å². The maximum atomic E-state index is 3.92. The summed E-state index contributed by atoms with van der Waals surface area (Å²) in [7, 11) is 0. The van der Waals surface area contributed by atoms with Gasteiger partial charge in [-0.1, -0.05) is 110 Å². The van der Waals surface area contributed by atoms with E-state index in [0.717, 1.165) is 12.8 Å². The molecule has 0 spiro atoms. The number of rotatable bonds is 7. The van der Waals surface area contributed by atoms with Crippen molar-refractivity contribution >= 4 is 0 Å². The molecule has 23 heavy (non-hydrogen) atoms. The first-order valence-corrected chi connectivity index (χ1v) is 10.2. The maximum Gasteiger partial charge on any atom is 2.00 e. The molecule has 0 aromatic heterocycles. The van der Waals surface area contributed by atoms with E-state index in [1.807, 2.05) is 0 Å². The van der Waals surface area contributed by atoms with Gasteiger partial charge in [-0.3, -0.25) is 5.57 Å². The predicted molar refractivity (Wildman–Crippen MR) is 102 cm³/mol. The van der Waals surface area contributed by atoms with Gasteiger partial charge >= 0.3 is 26.2 Å². The Morgan fingerprint density at radius 3 is 1.43 bits per heavy atom. The minimum Gasteiger partial charge on any atom is -0.500 e. The molecular weight excluding hydrogens is 355 g/mol. The number of unbranched alkanes of at least 4 members (excludes halogenated alkanes) is 3. The topological polar surface area (TPSA) is 0 Å². The molecular formula is C22H42Zr. The molecule has 0 aliphatic heterocycles. The van der Waals surface area contributed by atoms with Gasteiger partial charge in [0, 0.05) is 0 Å². The Hall–Kier alpha value is 0.623. The zero-order chi connectivity index (χ0) is 16.3. The second kappa shape index (κ2) is 22.6. The Bertz CT molecular complexity index is 199. The van der Waals surface area contributed by atoms with Crippen molar-refractivity contribution in [2.24, 2.45) is 0 Å². The fraction of sp³-hybridized carbons (Fsp3) is 0.864. The van der Waals surface area contributed by atoms with E-state index in [0.29, 0.717) is 0 Å². The number of hydrogen-bond acceptors (Lipinski definition) is 0. The summed E-state index contributed by atoms with van der Waals surface area (Å²) in [5.41, 5.74) is 1.44. The maximum absolute atomic E-state index is 3.92. The van der Waals surface area contributed by atoms with Crippen LogP contribution in [-0.2, 0) is 26.2 Å². The Labute approximate surface area is 167 Å². The van der Waals surface area contributed by atoms with Crippen molar-refractivity contribution < 1.29 is 26.2 Å². The summed E-state index contributed by atoms with van der Waals surface area (Å²) in [6.45, 7) is 8.37. The van der Waals surface area contributed by atoms with Gasteiger partial charge in [0.1, 0.15) is 0 Å². The fourth-order valence-corrected chi connectivity index (χ4v) is 2.90. The van der Waals surface area contributed by atoms with E-state index in [-0.39, 0.29) is 26.2 Å². The van der Waals surface area contributed by atoms with Crippen molar-refractivity contribution in [2.75, 3.05) is 0 Å². The summed E-state index contributed by atoms with van der Waals surface area (Å²) in [5, 5.41) is 0. The summed E-state index contributed by atoms with van der Waals surface area (Å²) in [4.78, 5) is 0. The fourth-order valence-electron chi connectivity index (χ4n) is 2.90. The minimum atomic E-state index is 0. The van der Waals surface area contributed by atoms with Crippen molar-refractivity contribution in [2.45, 2.75) is 123 Å². The Morgan fingerprint density at radius 1 is 0.739 bits per heavy atom. The van der Waals surface area contributed by atoms with Crippen molar-refractivity contribution in [1.82, 2.24) is 0 Å². The molecule has 0 amide bonds. The molecule has 2 aliphatic carbocycles. The molecule has 0 atom stereocenters. The Kier molecular flexibility index (Phi) is 25.4. The third-order valence-corrected chi connectivity index (χ3v) is 4.54. The quantitative estimate of drug-likeness (QED) is 0.300. The first-order chi connectivity index (χ1) is 10.8. The molecule has 1 heteroatoms. The third-order valence-electron chi connectivity index (χ3n) is 4.54. The van der Waals surface area contributed by atoms with Gasteiger partial charge in [-0.05, 0) is 0 Å². The monoisotopic (exact) mass is 396 g/mol. The first kappa shape index (κ1) is 25.9. The van der Waals surface area contributed by atoms with Gasteiger partial charge in [-0.2, -0.15) is 12.8 Å². The molecule has 0 bridgehead atoms. The summed E-state index contributed by atoms with van der Waals surface area (Å²) >= 11 is 0. The summed E-state index contributed by atoms with van der Waals surface area (Å²) in [5.74, 6) is 0. The van der Waals surface area contributed by atoms with Crippen molar-refractivity contribution in [3.8, 4) is 0 Å². The normalized spacial score (nSPS) is 16.7. The van der Waals surface area contributed by atoms with Crippen LogP contribution in [0.4, 0.5) is 0 Å². The molecule has 134 valence electrons. The van der Waals surface area contributed by atoms with Crippen LogP contribution in [0, 0.1) is 13.0 Å². The van der Waals surface area contributed by atoms with Crippen LogP contribution in [0.1, 0.15) is 123 Å². The van der Waals surface area contributed by atoms with Gasteiger partial charge in [0.05, 0.1) is 0 Å². The first-order valence-electron chi connectivity index (χ1n) is 10.2. The van der Waals surface area contributed by atoms with Crippen LogP contribution in [0.2, 0.25) is 0 Å². The smallest absolute Gasteiger partial charge is 0.500 e. The van der Waals surface area contributed by atoms with Crippen LogP contribution in [0.25, 0.3) is 0 Å². The zero-order valence-corrected chi connectivity index (χ0v) is 18.7. The standard InChI is InChI=1S/C12H22.2C5H10.Zr/c1-4-7-9-11-12(6-3)10-8-5-2;2*1-2-4-5-3-1;/h3-10H2,1-2H3;2*1-5H2;/q-2;;;+2. The van der Waals surface area contributed by atoms with Crippen LogP contribution >= 0.6 is 0 Å². The third kappa shape index (κ3) is 20.6. The molecule has 2 fully saturated rings. The van der Waals surface area contributed by atoms with Crippen LogP contribution in [0.15, 0.2) is 5.57 Å². The molecule has 0 unspecified atom stereocenters. The van der Waals surface area contributed by atoms with Crippen LogP contribution in [0.5, 0.6) is 0 Å². The van der Waals surface area contributed by atoms with E-state index in [9.17, 15) is 0 Å². The molecule has 0 saturated heterocycles. The van der Waals surface area contributed by atoms with E-state index in [1.54, 1.807) is 0 Å². The number of hydrogen-bond donors (Lipinski definition) is 0. The van der Waals surface area contributed by atoms with Gasteiger partial charge in [0.15, 0.2) is 0 Å². The van der Waals surface area contributed by atoms with E-state index < -0.39 is 0 Å². The second-order valence-electron chi connectivity index (χ2n) is 6.77. The molecule has 2 rings (SSSR count). The van der Waals surface area contributed by atoms with Crippen LogP contribution in [-0.4, -0.2) is 0 Å². The Morgan fingerprint density at radius 2 is 1.13 bits per heavy atom. The molecule has 0 nitrogen and oxygen atoms in total. The van der Waals surface area contributed by atoms with E-state index in [2.05, 4.69) is 26.8 Å². The van der Waals surface area contributed by atoms with E-state index in [1.165, 1.54) is 102 Å². The van der Waals surface area contributed by atoms with Crippen molar-refractivity contribution in [1.29, 1.82) is 0 Å². The van der Waals surface area contributed by atoms with Crippen LogP contribution in [0.3, 0.4) is 0 Å². The number of allylic oxidation sites excluding steroid dienone is 2. The largest absolute Gasteiger partial charge is 2.00 e. The summed E-state index contributed by atoms with van der Waals surface area (Å²) in [6, 6.07) is 0. The van der Waals surface area contributed by atoms with Crippen molar-refractivity contribution in [3.05, 3.63) is 18.6 Å². The van der Waals surface area contributed by atoms with E-state index >= 15 is 0 Å².